The predicted octanol–water partition coefficient (Wildman–Crippen LogP) is 5.99. The van der Waals surface area contributed by atoms with Gasteiger partial charge in [0.05, 0.1) is 5.54 Å². The summed E-state index contributed by atoms with van der Waals surface area (Å²) in [7, 11) is 0. The number of amides is 1. The number of nitrogens with one attached hydrogen (secondary N) is 1. The second kappa shape index (κ2) is 6.94. The third-order valence-corrected chi connectivity index (χ3v) is 6.41. The van der Waals surface area contributed by atoms with Gasteiger partial charge in [-0.2, -0.15) is 0 Å². The number of para-hydroxylation sites is 1. The van der Waals surface area contributed by atoms with Gasteiger partial charge >= 0.3 is 6.09 Å². The van der Waals surface area contributed by atoms with Crippen molar-refractivity contribution >= 4 is 23.4 Å². The minimum Gasteiger partial charge on any atom is -0.444 e. The van der Waals surface area contributed by atoms with Crippen LogP contribution in [0.15, 0.2) is 48.5 Å². The third kappa shape index (κ3) is 3.83. The van der Waals surface area contributed by atoms with E-state index in [1.807, 2.05) is 56.0 Å². The second-order valence-corrected chi connectivity index (χ2v) is 10.1. The SMILES string of the molecule is Cc1c(Cl)cccc1C1(Nc2ccccc2)CC2(CN(C(=O)OC(C)(C)C)C2)C1. The highest BCUT2D eigenvalue weighted by molar-refractivity contribution is 6.31. The monoisotopic (exact) mass is 412 g/mol. The smallest absolute Gasteiger partial charge is 0.410 e. The molecule has 0 radical (unpaired) electrons. The first-order valence-electron chi connectivity index (χ1n) is 10.2. The van der Waals surface area contributed by atoms with Crippen molar-refractivity contribution in [1.82, 2.24) is 4.90 Å². The van der Waals surface area contributed by atoms with Crippen LogP contribution in [-0.4, -0.2) is 29.7 Å². The summed E-state index contributed by atoms with van der Waals surface area (Å²) in [6.45, 7) is 9.30. The minimum absolute atomic E-state index is 0.146. The number of rotatable bonds is 3. The molecule has 2 aromatic carbocycles. The molecular formula is C24H29ClN2O2. The molecule has 1 spiro atoms. The number of hydrogen-bond donors (Lipinski definition) is 1. The molecule has 0 unspecified atom stereocenters. The van der Waals surface area contributed by atoms with Gasteiger partial charge in [0.25, 0.3) is 0 Å². The number of likely N-dealkylation sites (tertiary alicyclic amines) is 1. The largest absolute Gasteiger partial charge is 0.444 e. The van der Waals surface area contributed by atoms with Crippen molar-refractivity contribution in [3.8, 4) is 0 Å². The molecule has 1 saturated carbocycles. The zero-order valence-corrected chi connectivity index (χ0v) is 18.3. The summed E-state index contributed by atoms with van der Waals surface area (Å²) in [5, 5.41) is 4.58. The lowest BCUT2D eigenvalue weighted by Gasteiger charge is -2.64. The van der Waals surface area contributed by atoms with E-state index in [1.54, 1.807) is 0 Å². The topological polar surface area (TPSA) is 41.6 Å². The molecule has 0 atom stereocenters. The van der Waals surface area contributed by atoms with E-state index in [-0.39, 0.29) is 17.0 Å². The van der Waals surface area contributed by atoms with Crippen LogP contribution in [0.4, 0.5) is 10.5 Å². The fourth-order valence-electron chi connectivity index (χ4n) is 4.94. The van der Waals surface area contributed by atoms with Crippen LogP contribution in [0, 0.1) is 12.3 Å². The molecule has 154 valence electrons. The van der Waals surface area contributed by atoms with Gasteiger partial charge in [0.15, 0.2) is 0 Å². The summed E-state index contributed by atoms with van der Waals surface area (Å²) < 4.78 is 5.52. The molecule has 1 aliphatic carbocycles. The number of hydrogen-bond acceptors (Lipinski definition) is 3. The average molecular weight is 413 g/mol. The Bertz CT molecular complexity index is 906. The minimum atomic E-state index is -0.462. The molecule has 5 heteroatoms. The van der Waals surface area contributed by atoms with Crippen LogP contribution in [0.25, 0.3) is 0 Å². The van der Waals surface area contributed by atoms with E-state index in [0.717, 1.165) is 42.2 Å². The molecule has 29 heavy (non-hydrogen) atoms. The highest BCUT2D eigenvalue weighted by Crippen LogP contribution is 2.60. The first-order valence-corrected chi connectivity index (χ1v) is 10.6. The van der Waals surface area contributed by atoms with Gasteiger partial charge in [-0.05, 0) is 69.9 Å². The van der Waals surface area contributed by atoms with Gasteiger partial charge in [0, 0.05) is 29.2 Å². The maximum Gasteiger partial charge on any atom is 0.410 e. The number of anilines is 1. The van der Waals surface area contributed by atoms with Gasteiger partial charge in [-0.3, -0.25) is 0 Å². The average Bonchev–Trinajstić information content (AvgIpc) is 2.57. The Morgan fingerprint density at radius 2 is 1.72 bits per heavy atom. The molecule has 2 fully saturated rings. The van der Waals surface area contributed by atoms with E-state index in [1.165, 1.54) is 5.56 Å². The summed E-state index contributed by atoms with van der Waals surface area (Å²) in [5.41, 5.74) is 2.98. The molecule has 2 aromatic rings. The van der Waals surface area contributed by atoms with E-state index in [9.17, 15) is 4.79 Å². The van der Waals surface area contributed by atoms with Crippen molar-refractivity contribution in [2.75, 3.05) is 18.4 Å². The van der Waals surface area contributed by atoms with Gasteiger partial charge in [0.1, 0.15) is 5.60 Å². The Hall–Kier alpha value is -2.20. The van der Waals surface area contributed by atoms with Crippen LogP contribution in [0.3, 0.4) is 0 Å². The first-order chi connectivity index (χ1) is 13.6. The fraction of sp³-hybridized carbons (Fsp3) is 0.458. The van der Waals surface area contributed by atoms with Crippen LogP contribution in [-0.2, 0) is 10.3 Å². The molecule has 4 nitrogen and oxygen atoms in total. The molecule has 0 bridgehead atoms. The van der Waals surface area contributed by atoms with E-state index in [0.29, 0.717) is 0 Å². The van der Waals surface area contributed by atoms with Crippen LogP contribution >= 0.6 is 11.6 Å². The number of carbonyl (C=O) groups is 1. The van der Waals surface area contributed by atoms with E-state index < -0.39 is 5.60 Å². The number of benzene rings is 2. The Kier molecular flexibility index (Phi) is 4.81. The van der Waals surface area contributed by atoms with E-state index in [4.69, 9.17) is 16.3 Å². The second-order valence-electron chi connectivity index (χ2n) is 9.68. The standard InChI is InChI=1S/C24H29ClN2O2/c1-17-19(11-8-12-20(17)25)24(26-18-9-6-5-7-10-18)13-23(14-24)15-27(16-23)21(28)29-22(2,3)4/h5-12,26H,13-16H2,1-4H3. The van der Waals surface area contributed by atoms with Gasteiger partial charge in [-0.15, -0.1) is 0 Å². The van der Waals surface area contributed by atoms with Crippen LogP contribution in [0.2, 0.25) is 5.02 Å². The Morgan fingerprint density at radius 1 is 1.07 bits per heavy atom. The predicted molar refractivity (Wildman–Crippen MR) is 117 cm³/mol. The van der Waals surface area contributed by atoms with Crippen molar-refractivity contribution in [2.24, 2.45) is 5.41 Å². The number of halogens is 1. The van der Waals surface area contributed by atoms with Gasteiger partial charge in [-0.1, -0.05) is 41.9 Å². The Balaban J connectivity index is 1.53. The zero-order chi connectivity index (χ0) is 20.9. The lowest BCUT2D eigenvalue weighted by Crippen LogP contribution is -2.70. The fourth-order valence-corrected chi connectivity index (χ4v) is 5.12. The summed E-state index contributed by atoms with van der Waals surface area (Å²) in [6.07, 6.45) is 1.72. The van der Waals surface area contributed by atoms with Crippen molar-refractivity contribution in [3.05, 3.63) is 64.7 Å². The van der Waals surface area contributed by atoms with Crippen LogP contribution in [0.1, 0.15) is 44.7 Å². The molecule has 1 saturated heterocycles. The van der Waals surface area contributed by atoms with E-state index >= 15 is 0 Å². The maximum atomic E-state index is 12.4. The third-order valence-electron chi connectivity index (χ3n) is 6.00. The molecule has 0 aromatic heterocycles. The molecule has 4 rings (SSSR count). The van der Waals surface area contributed by atoms with Gasteiger partial charge in [-0.25, -0.2) is 4.79 Å². The first kappa shape index (κ1) is 20.1. The number of ether oxygens (including phenoxy) is 1. The highest BCUT2D eigenvalue weighted by Gasteiger charge is 2.62. The lowest BCUT2D eigenvalue weighted by molar-refractivity contribution is -0.101. The summed E-state index contributed by atoms with van der Waals surface area (Å²) in [4.78, 5) is 14.2. The van der Waals surface area contributed by atoms with Crippen molar-refractivity contribution in [2.45, 2.75) is 51.7 Å². The van der Waals surface area contributed by atoms with Crippen LogP contribution < -0.4 is 5.32 Å². The Labute approximate surface area is 178 Å². The van der Waals surface area contributed by atoms with Crippen molar-refractivity contribution < 1.29 is 9.53 Å². The molecule has 1 aliphatic heterocycles. The quantitative estimate of drug-likeness (QED) is 0.673. The molecule has 2 aliphatic rings. The summed E-state index contributed by atoms with van der Waals surface area (Å²) in [6, 6.07) is 16.5. The summed E-state index contributed by atoms with van der Waals surface area (Å²) in [5.74, 6) is 0. The lowest BCUT2D eigenvalue weighted by atomic mass is 9.51. The molecule has 1 heterocycles. The molecule has 1 N–H and O–H groups in total. The molecule has 1 amide bonds. The van der Waals surface area contributed by atoms with E-state index in [2.05, 4.69) is 30.4 Å². The Morgan fingerprint density at radius 3 is 2.34 bits per heavy atom. The normalized spacial score (nSPS) is 19.3. The highest BCUT2D eigenvalue weighted by atomic mass is 35.5. The van der Waals surface area contributed by atoms with Gasteiger partial charge < -0.3 is 15.0 Å². The van der Waals surface area contributed by atoms with Gasteiger partial charge in [0.2, 0.25) is 0 Å². The van der Waals surface area contributed by atoms with Crippen LogP contribution in [0.5, 0.6) is 0 Å². The maximum absolute atomic E-state index is 12.4. The van der Waals surface area contributed by atoms with Crippen molar-refractivity contribution in [1.29, 1.82) is 0 Å². The number of carbonyl (C=O) groups excluding carboxylic acids is 1. The van der Waals surface area contributed by atoms with Crippen molar-refractivity contribution in [3.63, 3.8) is 0 Å². The zero-order valence-electron chi connectivity index (χ0n) is 17.6. The molecular weight excluding hydrogens is 384 g/mol. The number of nitrogens with zero attached hydrogens (tertiary/aromatic N) is 1. The summed E-state index contributed by atoms with van der Waals surface area (Å²) >= 11 is 6.45.